The lowest BCUT2D eigenvalue weighted by atomic mass is 9.70. The first-order valence-electron chi connectivity index (χ1n) is 30.3. The van der Waals surface area contributed by atoms with Crippen LogP contribution in [0, 0.1) is 11.3 Å². The van der Waals surface area contributed by atoms with Crippen LogP contribution in [0.5, 0.6) is 0 Å². The second kappa shape index (κ2) is 28.4. The van der Waals surface area contributed by atoms with E-state index in [4.69, 9.17) is 0 Å². The molecule has 6 aromatic carbocycles. The SMILES string of the molecule is CCCCCCCCC1(CCCCCCCC)c2ccccc2-c2ccc(N(c3ccc(N=Nc4ccc(C#N)cc4)cc3)c3ccc4c(c3)C(CCCCCCCC)(CCCCCCCC)c3ccccc3-4)cc21. The molecule has 0 saturated carbocycles. The first-order valence-corrected chi connectivity index (χ1v) is 30.3. The minimum atomic E-state index is -0.0260. The van der Waals surface area contributed by atoms with E-state index < -0.39 is 0 Å². The van der Waals surface area contributed by atoms with Gasteiger partial charge in [-0.25, -0.2) is 0 Å². The zero-order valence-electron chi connectivity index (χ0n) is 46.8. The smallest absolute Gasteiger partial charge is 0.0991 e. The van der Waals surface area contributed by atoms with Gasteiger partial charge in [-0.2, -0.15) is 15.5 Å². The van der Waals surface area contributed by atoms with E-state index in [1.54, 1.807) is 23.3 Å². The molecule has 4 heteroatoms. The summed E-state index contributed by atoms with van der Waals surface area (Å²) in [7, 11) is 0. The van der Waals surface area contributed by atoms with Crippen molar-refractivity contribution in [1.29, 1.82) is 5.26 Å². The molecule has 0 fully saturated rings. The second-order valence-electron chi connectivity index (χ2n) is 22.5. The summed E-state index contributed by atoms with van der Waals surface area (Å²) in [6, 6.07) is 52.2. The van der Waals surface area contributed by atoms with Crippen molar-refractivity contribution >= 4 is 28.4 Å². The number of rotatable bonds is 33. The Kier molecular flexibility index (Phi) is 21.0. The van der Waals surface area contributed by atoms with Gasteiger partial charge in [-0.1, -0.05) is 242 Å². The Morgan fingerprint density at radius 2 is 0.667 bits per heavy atom. The maximum atomic E-state index is 9.36. The first kappa shape index (κ1) is 55.4. The number of benzene rings is 6. The molecule has 0 spiro atoms. The van der Waals surface area contributed by atoms with E-state index in [-0.39, 0.29) is 10.8 Å². The molecule has 394 valence electrons. The highest BCUT2D eigenvalue weighted by molar-refractivity contribution is 5.88. The molecule has 0 unspecified atom stereocenters. The number of hydrogen-bond donors (Lipinski definition) is 0. The van der Waals surface area contributed by atoms with E-state index in [1.165, 1.54) is 225 Å². The molecule has 0 aliphatic heterocycles. The van der Waals surface area contributed by atoms with E-state index in [2.05, 4.69) is 158 Å². The third-order valence-electron chi connectivity index (χ3n) is 17.2. The predicted octanol–water partition coefficient (Wildman–Crippen LogP) is 23.0. The predicted molar refractivity (Wildman–Crippen MR) is 321 cm³/mol. The molecule has 8 rings (SSSR count). The normalized spacial score (nSPS) is 13.6. The summed E-state index contributed by atoms with van der Waals surface area (Å²) in [5.41, 5.74) is 17.5. The Bertz CT molecular complexity index is 2590. The van der Waals surface area contributed by atoms with Crippen molar-refractivity contribution in [3.63, 3.8) is 0 Å². The van der Waals surface area contributed by atoms with Crippen LogP contribution < -0.4 is 4.90 Å². The van der Waals surface area contributed by atoms with Crippen LogP contribution in [0.2, 0.25) is 0 Å². The van der Waals surface area contributed by atoms with E-state index in [0.717, 1.165) is 17.1 Å². The second-order valence-corrected chi connectivity index (χ2v) is 22.5. The summed E-state index contributed by atoms with van der Waals surface area (Å²) in [6.07, 6.45) is 36.1. The van der Waals surface area contributed by atoms with Gasteiger partial charge in [0.2, 0.25) is 0 Å². The first-order chi connectivity index (χ1) is 37.0. The van der Waals surface area contributed by atoms with Gasteiger partial charge in [0.15, 0.2) is 0 Å². The Balaban J connectivity index is 1.24. The summed E-state index contributed by atoms with van der Waals surface area (Å²) in [5, 5.41) is 18.6. The number of nitriles is 1. The number of fused-ring (bicyclic) bond motifs is 6. The molecule has 0 saturated heterocycles. The number of anilines is 3. The Morgan fingerprint density at radius 3 is 1.04 bits per heavy atom. The minimum Gasteiger partial charge on any atom is -0.310 e. The van der Waals surface area contributed by atoms with E-state index in [0.29, 0.717) is 5.56 Å². The molecule has 6 aromatic rings. The third kappa shape index (κ3) is 13.4. The lowest BCUT2D eigenvalue weighted by molar-refractivity contribution is 0.398. The van der Waals surface area contributed by atoms with Crippen LogP contribution in [0.15, 0.2) is 144 Å². The number of nitrogens with zero attached hydrogens (tertiary/aromatic N) is 4. The quantitative estimate of drug-likeness (QED) is 0.0305. The van der Waals surface area contributed by atoms with Gasteiger partial charge in [0.05, 0.1) is 23.0 Å². The highest BCUT2D eigenvalue weighted by Crippen LogP contribution is 2.58. The summed E-state index contributed by atoms with van der Waals surface area (Å²) >= 11 is 0. The number of azo groups is 1. The molecule has 0 aromatic heterocycles. The lowest BCUT2D eigenvalue weighted by Crippen LogP contribution is -2.26. The highest BCUT2D eigenvalue weighted by Gasteiger charge is 2.44. The fraction of sp³-hybridized carbons (Fsp3) is 0.479. The Hall–Kier alpha value is -5.79. The molecule has 2 aliphatic carbocycles. The summed E-state index contributed by atoms with van der Waals surface area (Å²) in [6.45, 7) is 9.30. The van der Waals surface area contributed by atoms with Crippen LogP contribution in [0.4, 0.5) is 28.4 Å². The van der Waals surface area contributed by atoms with Gasteiger partial charge in [0, 0.05) is 27.9 Å². The molecular formula is C71H90N4. The van der Waals surface area contributed by atoms with Gasteiger partial charge in [0.25, 0.3) is 0 Å². The summed E-state index contributed by atoms with van der Waals surface area (Å²) < 4.78 is 0. The lowest BCUT2D eigenvalue weighted by Gasteiger charge is -2.35. The molecule has 0 amide bonds. The van der Waals surface area contributed by atoms with Crippen molar-refractivity contribution in [2.45, 2.75) is 218 Å². The third-order valence-corrected chi connectivity index (χ3v) is 17.2. The average Bonchev–Trinajstić information content (AvgIpc) is 3.88. The Morgan fingerprint density at radius 1 is 0.347 bits per heavy atom. The number of unbranched alkanes of at least 4 members (excludes halogenated alkanes) is 20. The van der Waals surface area contributed by atoms with Crippen LogP contribution >= 0.6 is 0 Å². The molecule has 0 N–H and O–H groups in total. The molecular weight excluding hydrogens is 909 g/mol. The fourth-order valence-corrected chi connectivity index (χ4v) is 13.2. The van der Waals surface area contributed by atoms with Gasteiger partial charge < -0.3 is 4.90 Å². The highest BCUT2D eigenvalue weighted by atomic mass is 15.1. The van der Waals surface area contributed by atoms with Crippen molar-refractivity contribution in [3.8, 4) is 28.3 Å². The zero-order valence-corrected chi connectivity index (χ0v) is 46.8. The maximum Gasteiger partial charge on any atom is 0.0991 e. The average molecular weight is 1000 g/mol. The van der Waals surface area contributed by atoms with Crippen LogP contribution in [-0.4, -0.2) is 0 Å². The monoisotopic (exact) mass is 999 g/mol. The van der Waals surface area contributed by atoms with Gasteiger partial charge in [-0.3, -0.25) is 0 Å². The van der Waals surface area contributed by atoms with Gasteiger partial charge in [-0.05, 0) is 143 Å². The van der Waals surface area contributed by atoms with E-state index in [1.807, 2.05) is 12.1 Å². The maximum absolute atomic E-state index is 9.36. The fourth-order valence-electron chi connectivity index (χ4n) is 13.2. The standard InChI is InChI=1S/C71H90N4/c1-5-9-13-17-21-29-49-70(50-30-22-18-14-10-6-2)66-35-27-25-33-62(66)64-47-45-60(53-68(64)70)75(59-43-41-58(42-44-59)74-73-57-39-37-56(55-72)38-40-57)61-46-48-65-63-34-26-28-36-67(63)71(69(65)54-61,51-31-23-19-15-11-7-3)52-32-24-20-16-12-8-4/h25-28,33-48,53-54H,5-24,29-32,49-52H2,1-4H3. The molecule has 0 heterocycles. The summed E-state index contributed by atoms with van der Waals surface area (Å²) in [5.74, 6) is 0. The van der Waals surface area contributed by atoms with Crippen LogP contribution in [-0.2, 0) is 10.8 Å². The summed E-state index contributed by atoms with van der Waals surface area (Å²) in [4.78, 5) is 2.56. The molecule has 2 aliphatic rings. The van der Waals surface area contributed by atoms with Crippen molar-refractivity contribution in [1.82, 2.24) is 0 Å². The number of hydrogen-bond acceptors (Lipinski definition) is 4. The van der Waals surface area contributed by atoms with Crippen LogP contribution in [0.1, 0.15) is 235 Å². The molecule has 0 bridgehead atoms. The van der Waals surface area contributed by atoms with E-state index in [9.17, 15) is 5.26 Å². The largest absolute Gasteiger partial charge is 0.310 e. The van der Waals surface area contributed by atoms with Gasteiger partial charge >= 0.3 is 0 Å². The Labute approximate surface area is 454 Å². The van der Waals surface area contributed by atoms with Crippen LogP contribution in [0.25, 0.3) is 22.3 Å². The van der Waals surface area contributed by atoms with E-state index >= 15 is 0 Å². The zero-order chi connectivity index (χ0) is 52.1. The molecule has 0 radical (unpaired) electrons. The van der Waals surface area contributed by atoms with Crippen molar-refractivity contribution in [3.05, 3.63) is 161 Å². The van der Waals surface area contributed by atoms with Gasteiger partial charge in [-0.15, -0.1) is 0 Å². The molecule has 0 atom stereocenters. The topological polar surface area (TPSA) is 51.8 Å². The van der Waals surface area contributed by atoms with Crippen molar-refractivity contribution in [2.24, 2.45) is 10.2 Å². The minimum absolute atomic E-state index is 0.0260. The molecule has 4 nitrogen and oxygen atoms in total. The van der Waals surface area contributed by atoms with Crippen LogP contribution in [0.3, 0.4) is 0 Å². The van der Waals surface area contributed by atoms with Crippen molar-refractivity contribution < 1.29 is 0 Å². The van der Waals surface area contributed by atoms with Crippen molar-refractivity contribution in [2.75, 3.05) is 4.90 Å². The molecule has 75 heavy (non-hydrogen) atoms. The van der Waals surface area contributed by atoms with Gasteiger partial charge in [0.1, 0.15) is 0 Å².